The molecule has 0 amide bonds. The smallest absolute Gasteiger partial charge is 0.235 e. The second kappa shape index (κ2) is 6.25. The Morgan fingerprint density at radius 2 is 1.75 bits per heavy atom. The summed E-state index contributed by atoms with van der Waals surface area (Å²) in [5.74, 6) is 1.43. The van der Waals surface area contributed by atoms with Crippen molar-refractivity contribution in [1.82, 2.24) is 19.8 Å². The number of fused-ring (bicyclic) bond motifs is 1. The molecule has 0 unspecified atom stereocenters. The molecule has 118 valence electrons. The Bertz CT molecular complexity index is 1000. The number of para-hydroxylation sites is 1. The number of rotatable bonds is 4. The Labute approximate surface area is 142 Å². The lowest BCUT2D eigenvalue weighted by Crippen LogP contribution is -1.94. The maximum Gasteiger partial charge on any atom is 0.235 e. The van der Waals surface area contributed by atoms with Crippen molar-refractivity contribution in [2.45, 2.75) is 0 Å². The molecule has 2 aromatic carbocycles. The first-order valence-corrected chi connectivity index (χ1v) is 8.25. The van der Waals surface area contributed by atoms with Crippen LogP contribution in [0.2, 0.25) is 0 Å². The number of hydrogen-bond acceptors (Lipinski definition) is 5. The Balaban J connectivity index is 1.73. The van der Waals surface area contributed by atoms with Crippen LogP contribution < -0.4 is 4.74 Å². The molecule has 0 radical (unpaired) electrons. The van der Waals surface area contributed by atoms with Crippen LogP contribution >= 0.6 is 11.3 Å². The summed E-state index contributed by atoms with van der Waals surface area (Å²) in [6.07, 6.45) is 4.02. The van der Waals surface area contributed by atoms with Crippen LogP contribution in [0.4, 0.5) is 0 Å². The van der Waals surface area contributed by atoms with E-state index < -0.39 is 0 Å². The molecule has 4 aromatic rings. The third kappa shape index (κ3) is 2.68. The van der Waals surface area contributed by atoms with Gasteiger partial charge in [-0.3, -0.25) is 0 Å². The summed E-state index contributed by atoms with van der Waals surface area (Å²) < 4.78 is 7.17. The normalized spacial score (nSPS) is 11.4. The molecule has 0 aliphatic carbocycles. The number of hydrogen-bond donors (Lipinski definition) is 0. The summed E-state index contributed by atoms with van der Waals surface area (Å²) in [6.45, 7) is 0. The highest BCUT2D eigenvalue weighted by molar-refractivity contribution is 7.17. The molecule has 0 N–H and O–H groups in total. The molecule has 0 aliphatic rings. The van der Waals surface area contributed by atoms with E-state index in [1.54, 1.807) is 11.6 Å². The number of benzene rings is 2. The number of aromatic nitrogens is 4. The first kappa shape index (κ1) is 14.6. The lowest BCUT2D eigenvalue weighted by Gasteiger charge is -2.04. The van der Waals surface area contributed by atoms with E-state index in [0.29, 0.717) is 5.82 Å². The Morgan fingerprint density at radius 3 is 2.58 bits per heavy atom. The molecule has 4 rings (SSSR count). The SMILES string of the molecule is COc1ccccc1-c1nnc2sc(/C=C/c3ccccc3)nn12. The van der Waals surface area contributed by atoms with Gasteiger partial charge < -0.3 is 4.74 Å². The van der Waals surface area contributed by atoms with Gasteiger partial charge in [0.1, 0.15) is 10.8 Å². The summed E-state index contributed by atoms with van der Waals surface area (Å²) >= 11 is 1.50. The van der Waals surface area contributed by atoms with Crippen LogP contribution in [0.3, 0.4) is 0 Å². The fraction of sp³-hybridized carbons (Fsp3) is 0.0556. The van der Waals surface area contributed by atoms with E-state index in [1.807, 2.05) is 54.6 Å². The molecule has 24 heavy (non-hydrogen) atoms. The van der Waals surface area contributed by atoms with Gasteiger partial charge in [0, 0.05) is 0 Å². The zero-order chi connectivity index (χ0) is 16.4. The van der Waals surface area contributed by atoms with Crippen molar-refractivity contribution >= 4 is 28.4 Å². The monoisotopic (exact) mass is 334 g/mol. The number of ether oxygens (including phenoxy) is 1. The predicted molar refractivity (Wildman–Crippen MR) is 96.0 cm³/mol. The second-order valence-corrected chi connectivity index (χ2v) is 6.09. The minimum atomic E-state index is 0.679. The van der Waals surface area contributed by atoms with Gasteiger partial charge in [0.05, 0.1) is 12.7 Å². The molecule has 0 saturated carbocycles. The highest BCUT2D eigenvalue weighted by Crippen LogP contribution is 2.29. The van der Waals surface area contributed by atoms with E-state index >= 15 is 0 Å². The zero-order valence-corrected chi connectivity index (χ0v) is 13.8. The summed E-state index contributed by atoms with van der Waals surface area (Å²) in [4.78, 5) is 0.753. The van der Waals surface area contributed by atoms with Crippen LogP contribution in [-0.2, 0) is 0 Å². The Kier molecular flexibility index (Phi) is 3.80. The van der Waals surface area contributed by atoms with E-state index in [1.165, 1.54) is 11.3 Å². The summed E-state index contributed by atoms with van der Waals surface area (Å²) in [5, 5.41) is 14.0. The minimum absolute atomic E-state index is 0.679. The van der Waals surface area contributed by atoms with Gasteiger partial charge in [-0.15, -0.1) is 10.2 Å². The molecule has 0 atom stereocenters. The van der Waals surface area contributed by atoms with E-state index in [-0.39, 0.29) is 0 Å². The second-order valence-electron chi connectivity index (χ2n) is 5.10. The lowest BCUT2D eigenvalue weighted by atomic mass is 10.2. The number of nitrogens with zero attached hydrogens (tertiary/aromatic N) is 4. The van der Waals surface area contributed by atoms with Gasteiger partial charge in [0.15, 0.2) is 5.82 Å². The summed E-state index contributed by atoms with van der Waals surface area (Å²) in [5.41, 5.74) is 2.00. The van der Waals surface area contributed by atoms with Crippen molar-refractivity contribution < 1.29 is 4.74 Å². The summed E-state index contributed by atoms with van der Waals surface area (Å²) in [6, 6.07) is 17.9. The standard InChI is InChI=1S/C18H14N4OS/c1-23-15-10-6-5-9-14(15)17-19-20-18-22(17)21-16(24-18)12-11-13-7-3-2-4-8-13/h2-12H,1H3/b12-11+. The van der Waals surface area contributed by atoms with Crippen molar-refractivity contribution in [1.29, 1.82) is 0 Å². The molecule has 5 nitrogen and oxygen atoms in total. The third-order valence-electron chi connectivity index (χ3n) is 3.57. The van der Waals surface area contributed by atoms with E-state index in [9.17, 15) is 0 Å². The molecule has 0 fully saturated rings. The topological polar surface area (TPSA) is 52.3 Å². The average molecular weight is 334 g/mol. The minimum Gasteiger partial charge on any atom is -0.496 e. The van der Waals surface area contributed by atoms with Gasteiger partial charge in [-0.2, -0.15) is 9.61 Å². The molecule has 6 heteroatoms. The van der Waals surface area contributed by atoms with Gasteiger partial charge in [0.2, 0.25) is 4.96 Å². The average Bonchev–Trinajstić information content (AvgIpc) is 3.21. The molecule has 0 spiro atoms. The highest BCUT2D eigenvalue weighted by atomic mass is 32.1. The zero-order valence-electron chi connectivity index (χ0n) is 13.0. The van der Waals surface area contributed by atoms with Gasteiger partial charge in [-0.05, 0) is 23.8 Å². The van der Waals surface area contributed by atoms with Crippen molar-refractivity contribution in [3.8, 4) is 17.1 Å². The van der Waals surface area contributed by atoms with Crippen LogP contribution in [-0.4, -0.2) is 26.9 Å². The largest absolute Gasteiger partial charge is 0.496 e. The van der Waals surface area contributed by atoms with E-state index in [0.717, 1.165) is 26.8 Å². The Hall–Kier alpha value is -2.99. The maximum atomic E-state index is 5.41. The van der Waals surface area contributed by atoms with Crippen molar-refractivity contribution in [3.63, 3.8) is 0 Å². The van der Waals surface area contributed by atoms with Gasteiger partial charge in [-0.25, -0.2) is 0 Å². The highest BCUT2D eigenvalue weighted by Gasteiger charge is 2.15. The summed E-state index contributed by atoms with van der Waals surface area (Å²) in [7, 11) is 1.64. The lowest BCUT2D eigenvalue weighted by molar-refractivity contribution is 0.416. The number of methoxy groups -OCH3 is 1. The van der Waals surface area contributed by atoms with Crippen LogP contribution in [0, 0.1) is 0 Å². The first-order valence-electron chi connectivity index (χ1n) is 7.44. The van der Waals surface area contributed by atoms with Crippen molar-refractivity contribution in [2.75, 3.05) is 7.11 Å². The van der Waals surface area contributed by atoms with Crippen LogP contribution in [0.5, 0.6) is 5.75 Å². The molecule has 0 bridgehead atoms. The maximum absolute atomic E-state index is 5.41. The molecule has 0 saturated heterocycles. The van der Waals surface area contributed by atoms with Gasteiger partial charge in [0.25, 0.3) is 0 Å². The molecule has 2 aromatic heterocycles. The van der Waals surface area contributed by atoms with Crippen molar-refractivity contribution in [3.05, 3.63) is 65.2 Å². The Morgan fingerprint density at radius 1 is 0.958 bits per heavy atom. The molecule has 2 heterocycles. The quantitative estimate of drug-likeness (QED) is 0.565. The van der Waals surface area contributed by atoms with Crippen LogP contribution in [0.15, 0.2) is 54.6 Å². The molecular formula is C18H14N4OS. The molecule has 0 aliphatic heterocycles. The molecular weight excluding hydrogens is 320 g/mol. The fourth-order valence-electron chi connectivity index (χ4n) is 2.43. The van der Waals surface area contributed by atoms with E-state index in [2.05, 4.69) is 27.4 Å². The fourth-order valence-corrected chi connectivity index (χ4v) is 3.17. The van der Waals surface area contributed by atoms with Gasteiger partial charge >= 0.3 is 0 Å². The third-order valence-corrected chi connectivity index (χ3v) is 4.44. The first-order chi connectivity index (χ1) is 11.8. The van der Waals surface area contributed by atoms with Crippen LogP contribution in [0.25, 0.3) is 28.5 Å². The van der Waals surface area contributed by atoms with Crippen molar-refractivity contribution in [2.24, 2.45) is 0 Å². The van der Waals surface area contributed by atoms with Gasteiger partial charge in [-0.1, -0.05) is 59.9 Å². The van der Waals surface area contributed by atoms with Crippen LogP contribution in [0.1, 0.15) is 10.6 Å². The van der Waals surface area contributed by atoms with E-state index in [4.69, 9.17) is 4.74 Å². The predicted octanol–water partition coefficient (Wildman–Crippen LogP) is 4.03.